The first-order valence-electron chi connectivity index (χ1n) is 15.4. The zero-order valence-electron chi connectivity index (χ0n) is 24.8. The van der Waals surface area contributed by atoms with Crippen molar-refractivity contribution in [2.75, 3.05) is 4.90 Å². The second-order valence-electron chi connectivity index (χ2n) is 11.4. The average molecular weight is 574 g/mol. The van der Waals surface area contributed by atoms with Crippen molar-refractivity contribution in [1.82, 2.24) is 0 Å². The van der Waals surface area contributed by atoms with Crippen LogP contribution < -0.4 is 4.90 Å². The molecule has 0 spiro atoms. The molecule has 212 valence electrons. The van der Waals surface area contributed by atoms with E-state index in [-0.39, 0.29) is 0 Å². The van der Waals surface area contributed by atoms with Crippen molar-refractivity contribution < 1.29 is 0 Å². The predicted octanol–water partition coefficient (Wildman–Crippen LogP) is 12.5. The van der Waals surface area contributed by atoms with Crippen molar-refractivity contribution in [1.29, 1.82) is 0 Å². The fourth-order valence-corrected chi connectivity index (χ4v) is 6.50. The molecule has 0 atom stereocenters. The van der Waals surface area contributed by atoms with Crippen molar-refractivity contribution >= 4 is 38.6 Å². The smallest absolute Gasteiger partial charge is 0.0546 e. The van der Waals surface area contributed by atoms with Gasteiger partial charge in [-0.15, -0.1) is 0 Å². The Labute approximate surface area is 264 Å². The molecule has 45 heavy (non-hydrogen) atoms. The standard InChI is InChI=1S/C44H31N/c1-4-15-32(16-5-1)35-22-14-23-37(29-35)45(44-30-36-21-10-11-24-39(36)41-25-12-13-26-42(41)44)38-27-28-40(33-17-6-2-7-18-33)43(31-38)34-19-8-3-9-20-34/h1-31H. The Balaban J connectivity index is 1.42. The lowest BCUT2D eigenvalue weighted by molar-refractivity contribution is 1.30. The monoisotopic (exact) mass is 573 g/mol. The van der Waals surface area contributed by atoms with E-state index >= 15 is 0 Å². The second-order valence-corrected chi connectivity index (χ2v) is 11.4. The van der Waals surface area contributed by atoms with Crippen LogP contribution in [0.3, 0.4) is 0 Å². The van der Waals surface area contributed by atoms with E-state index in [1.807, 2.05) is 0 Å². The van der Waals surface area contributed by atoms with Gasteiger partial charge in [-0.05, 0) is 79.9 Å². The molecule has 0 N–H and O–H groups in total. The molecule has 8 aromatic rings. The maximum absolute atomic E-state index is 2.43. The van der Waals surface area contributed by atoms with Gasteiger partial charge in [-0.25, -0.2) is 0 Å². The highest BCUT2D eigenvalue weighted by Crippen LogP contribution is 2.45. The zero-order chi connectivity index (χ0) is 30.0. The summed E-state index contributed by atoms with van der Waals surface area (Å²) in [4.78, 5) is 2.43. The third kappa shape index (κ3) is 5.05. The van der Waals surface area contributed by atoms with Crippen molar-refractivity contribution in [2.24, 2.45) is 0 Å². The van der Waals surface area contributed by atoms with E-state index in [1.165, 1.54) is 54.9 Å². The number of fused-ring (bicyclic) bond motifs is 3. The van der Waals surface area contributed by atoms with Crippen molar-refractivity contribution in [3.05, 3.63) is 188 Å². The molecule has 0 unspecified atom stereocenters. The Bertz CT molecular complexity index is 2250. The number of anilines is 3. The number of hydrogen-bond acceptors (Lipinski definition) is 1. The second kappa shape index (κ2) is 11.6. The molecule has 8 rings (SSSR count). The van der Waals surface area contributed by atoms with Gasteiger partial charge in [0.2, 0.25) is 0 Å². The third-order valence-corrected chi connectivity index (χ3v) is 8.63. The lowest BCUT2D eigenvalue weighted by Crippen LogP contribution is -2.11. The number of rotatable bonds is 6. The van der Waals surface area contributed by atoms with Crippen LogP contribution in [0, 0.1) is 0 Å². The molecule has 0 fully saturated rings. The third-order valence-electron chi connectivity index (χ3n) is 8.63. The van der Waals surface area contributed by atoms with Crippen LogP contribution in [0.1, 0.15) is 0 Å². The summed E-state index contributed by atoms with van der Waals surface area (Å²) in [6.45, 7) is 0. The molecular weight excluding hydrogens is 542 g/mol. The maximum atomic E-state index is 2.43. The molecule has 0 aliphatic rings. The molecular formula is C44H31N. The lowest BCUT2D eigenvalue weighted by Gasteiger charge is -2.29. The number of nitrogens with zero attached hydrogens (tertiary/aromatic N) is 1. The molecule has 0 aliphatic carbocycles. The Morgan fingerprint density at radius 3 is 1.53 bits per heavy atom. The molecule has 0 radical (unpaired) electrons. The maximum Gasteiger partial charge on any atom is 0.0546 e. The SMILES string of the molecule is c1ccc(-c2cccc(N(c3ccc(-c4ccccc4)c(-c4ccccc4)c3)c3cc4ccccc4c4ccccc34)c2)cc1. The fourth-order valence-electron chi connectivity index (χ4n) is 6.50. The molecule has 0 aliphatic heterocycles. The van der Waals surface area contributed by atoms with Crippen LogP contribution >= 0.6 is 0 Å². The van der Waals surface area contributed by atoms with Crippen LogP contribution in [0.2, 0.25) is 0 Å². The summed E-state index contributed by atoms with van der Waals surface area (Å²) >= 11 is 0. The van der Waals surface area contributed by atoms with Crippen molar-refractivity contribution in [3.8, 4) is 33.4 Å². The highest BCUT2D eigenvalue weighted by Gasteiger charge is 2.20. The number of hydrogen-bond donors (Lipinski definition) is 0. The molecule has 0 saturated heterocycles. The minimum Gasteiger partial charge on any atom is -0.310 e. The zero-order valence-corrected chi connectivity index (χ0v) is 24.8. The summed E-state index contributed by atoms with van der Waals surface area (Å²) in [7, 11) is 0. The van der Waals surface area contributed by atoms with E-state index in [9.17, 15) is 0 Å². The molecule has 0 bridgehead atoms. The fraction of sp³-hybridized carbons (Fsp3) is 0. The minimum absolute atomic E-state index is 1.11. The van der Waals surface area contributed by atoms with Gasteiger partial charge in [0.25, 0.3) is 0 Å². The van der Waals surface area contributed by atoms with Gasteiger partial charge in [0.1, 0.15) is 0 Å². The van der Waals surface area contributed by atoms with E-state index in [0.29, 0.717) is 0 Å². The van der Waals surface area contributed by atoms with Gasteiger partial charge in [0.15, 0.2) is 0 Å². The quantitative estimate of drug-likeness (QED) is 0.179. The van der Waals surface area contributed by atoms with Crippen LogP contribution in [0.25, 0.3) is 54.9 Å². The van der Waals surface area contributed by atoms with Crippen LogP contribution in [0.4, 0.5) is 17.1 Å². The van der Waals surface area contributed by atoms with Gasteiger partial charge in [-0.1, -0.05) is 158 Å². The van der Waals surface area contributed by atoms with Gasteiger partial charge in [-0.2, -0.15) is 0 Å². The van der Waals surface area contributed by atoms with Crippen LogP contribution in [-0.2, 0) is 0 Å². The predicted molar refractivity (Wildman–Crippen MR) is 192 cm³/mol. The van der Waals surface area contributed by atoms with Crippen LogP contribution in [-0.4, -0.2) is 0 Å². The van der Waals surface area contributed by atoms with Gasteiger partial charge in [0.05, 0.1) is 5.69 Å². The summed E-state index contributed by atoms with van der Waals surface area (Å²) in [5, 5.41) is 4.95. The first kappa shape index (κ1) is 26.7. The van der Waals surface area contributed by atoms with Gasteiger partial charge >= 0.3 is 0 Å². The van der Waals surface area contributed by atoms with Gasteiger partial charge in [-0.3, -0.25) is 0 Å². The van der Waals surface area contributed by atoms with Gasteiger partial charge < -0.3 is 4.90 Å². The summed E-state index contributed by atoms with van der Waals surface area (Å²) in [5.41, 5.74) is 10.6. The van der Waals surface area contributed by atoms with E-state index in [0.717, 1.165) is 17.1 Å². The normalized spacial score (nSPS) is 11.1. The Morgan fingerprint density at radius 2 is 0.822 bits per heavy atom. The summed E-state index contributed by atoms with van der Waals surface area (Å²) < 4.78 is 0. The molecule has 8 aromatic carbocycles. The highest BCUT2D eigenvalue weighted by atomic mass is 15.1. The van der Waals surface area contributed by atoms with Crippen molar-refractivity contribution in [3.63, 3.8) is 0 Å². The topological polar surface area (TPSA) is 3.24 Å². The largest absolute Gasteiger partial charge is 0.310 e. The average Bonchev–Trinajstić information content (AvgIpc) is 3.13. The minimum atomic E-state index is 1.11. The first-order chi connectivity index (χ1) is 22.3. The lowest BCUT2D eigenvalue weighted by atomic mass is 9.93. The van der Waals surface area contributed by atoms with Crippen LogP contribution in [0.15, 0.2) is 188 Å². The number of benzene rings is 8. The Morgan fingerprint density at radius 1 is 0.289 bits per heavy atom. The van der Waals surface area contributed by atoms with E-state index in [4.69, 9.17) is 0 Å². The van der Waals surface area contributed by atoms with Gasteiger partial charge in [0, 0.05) is 16.8 Å². The Kier molecular flexibility index (Phi) is 6.90. The van der Waals surface area contributed by atoms with E-state index in [2.05, 4.69) is 193 Å². The summed E-state index contributed by atoms with van der Waals surface area (Å²) in [6, 6.07) is 67.7. The van der Waals surface area contributed by atoms with E-state index < -0.39 is 0 Å². The highest BCUT2D eigenvalue weighted by molar-refractivity contribution is 6.14. The van der Waals surface area contributed by atoms with E-state index in [1.54, 1.807) is 0 Å². The molecule has 0 amide bonds. The summed E-state index contributed by atoms with van der Waals surface area (Å²) in [6.07, 6.45) is 0. The molecule has 0 saturated carbocycles. The molecule has 0 heterocycles. The molecule has 0 aromatic heterocycles. The summed E-state index contributed by atoms with van der Waals surface area (Å²) in [5.74, 6) is 0. The first-order valence-corrected chi connectivity index (χ1v) is 15.4. The van der Waals surface area contributed by atoms with Crippen molar-refractivity contribution in [2.45, 2.75) is 0 Å². The Hall–Kier alpha value is -5.92. The molecule has 1 heteroatoms. The molecule has 1 nitrogen and oxygen atoms in total. The van der Waals surface area contributed by atoms with Crippen LogP contribution in [0.5, 0.6) is 0 Å².